The monoisotopic (exact) mass is 383 g/mol. The number of aromatic nitrogens is 1. The Hall–Kier alpha value is -2.93. The maximum Gasteiger partial charge on any atom is 0.265 e. The van der Waals surface area contributed by atoms with Crippen LogP contribution in [0.2, 0.25) is 0 Å². The molecular formula is C20H21N3O3S. The third-order valence-corrected chi connectivity index (χ3v) is 4.91. The van der Waals surface area contributed by atoms with E-state index in [1.54, 1.807) is 13.2 Å². The number of ether oxygens (including phenoxy) is 1. The normalized spacial score (nSPS) is 14.8. The van der Waals surface area contributed by atoms with E-state index in [-0.39, 0.29) is 22.5 Å². The highest BCUT2D eigenvalue weighted by Crippen LogP contribution is 2.23. The van der Waals surface area contributed by atoms with E-state index in [1.807, 2.05) is 61.0 Å². The van der Waals surface area contributed by atoms with Gasteiger partial charge in [0.05, 0.1) is 7.11 Å². The summed E-state index contributed by atoms with van der Waals surface area (Å²) >= 11 is 5.29. The van der Waals surface area contributed by atoms with Crippen molar-refractivity contribution in [3.8, 4) is 11.4 Å². The molecule has 2 aromatic rings. The number of hydrogen-bond acceptors (Lipinski definition) is 4. The van der Waals surface area contributed by atoms with Crippen LogP contribution < -0.4 is 4.74 Å². The zero-order valence-corrected chi connectivity index (χ0v) is 16.3. The van der Waals surface area contributed by atoms with E-state index in [0.717, 1.165) is 17.1 Å². The van der Waals surface area contributed by atoms with Crippen molar-refractivity contribution < 1.29 is 14.3 Å². The van der Waals surface area contributed by atoms with E-state index in [0.29, 0.717) is 13.1 Å². The van der Waals surface area contributed by atoms with E-state index in [1.165, 1.54) is 9.80 Å². The quantitative estimate of drug-likeness (QED) is 0.453. The van der Waals surface area contributed by atoms with Crippen LogP contribution in [0.25, 0.3) is 11.8 Å². The van der Waals surface area contributed by atoms with Crippen LogP contribution in [0.3, 0.4) is 0 Å². The molecule has 1 fully saturated rings. The largest absolute Gasteiger partial charge is 0.497 e. The van der Waals surface area contributed by atoms with Crippen molar-refractivity contribution in [2.75, 3.05) is 20.2 Å². The first-order valence-corrected chi connectivity index (χ1v) is 9.13. The smallest absolute Gasteiger partial charge is 0.265 e. The molecule has 3 rings (SSSR count). The molecular weight excluding hydrogens is 362 g/mol. The zero-order chi connectivity index (χ0) is 19.6. The molecule has 1 aliphatic heterocycles. The lowest BCUT2D eigenvalue weighted by atomic mass is 10.1. The van der Waals surface area contributed by atoms with Crippen LogP contribution >= 0.6 is 12.2 Å². The maximum absolute atomic E-state index is 12.8. The fourth-order valence-electron chi connectivity index (χ4n) is 3.02. The van der Waals surface area contributed by atoms with Crippen molar-refractivity contribution in [1.29, 1.82) is 0 Å². The fourth-order valence-corrected chi connectivity index (χ4v) is 3.44. The summed E-state index contributed by atoms with van der Waals surface area (Å²) in [6, 6.07) is 11.3. The molecule has 6 nitrogen and oxygen atoms in total. The van der Waals surface area contributed by atoms with Crippen molar-refractivity contribution in [2.24, 2.45) is 0 Å². The van der Waals surface area contributed by atoms with Gasteiger partial charge in [-0.05, 0) is 68.5 Å². The van der Waals surface area contributed by atoms with Crippen LogP contribution in [0, 0.1) is 0 Å². The number of methoxy groups -OCH3 is 1. The van der Waals surface area contributed by atoms with Crippen molar-refractivity contribution in [3.63, 3.8) is 0 Å². The molecule has 2 amide bonds. The summed E-state index contributed by atoms with van der Waals surface area (Å²) < 4.78 is 7.10. The molecule has 1 aromatic heterocycles. The van der Waals surface area contributed by atoms with E-state index in [4.69, 9.17) is 17.0 Å². The number of nitrogens with zero attached hydrogens (tertiary/aromatic N) is 3. The molecule has 0 aliphatic carbocycles. The fraction of sp³-hybridized carbons (Fsp3) is 0.250. The minimum Gasteiger partial charge on any atom is -0.497 e. The van der Waals surface area contributed by atoms with Crippen molar-refractivity contribution in [3.05, 3.63) is 53.9 Å². The Morgan fingerprint density at radius 2 is 1.59 bits per heavy atom. The lowest BCUT2D eigenvalue weighted by Crippen LogP contribution is -2.55. The summed E-state index contributed by atoms with van der Waals surface area (Å²) in [6.07, 6.45) is 3.51. The van der Waals surface area contributed by atoms with Crippen LogP contribution in [0.5, 0.6) is 5.75 Å². The Morgan fingerprint density at radius 1 is 1.00 bits per heavy atom. The van der Waals surface area contributed by atoms with Crippen LogP contribution in [-0.4, -0.2) is 51.5 Å². The molecule has 140 valence electrons. The van der Waals surface area contributed by atoms with Gasteiger partial charge in [0, 0.05) is 30.7 Å². The van der Waals surface area contributed by atoms with Gasteiger partial charge in [0.1, 0.15) is 11.3 Å². The summed E-state index contributed by atoms with van der Waals surface area (Å²) in [4.78, 5) is 28.5. The average molecular weight is 383 g/mol. The Labute approximate surface area is 163 Å². The molecule has 1 aliphatic rings. The van der Waals surface area contributed by atoms with Gasteiger partial charge in [0.25, 0.3) is 11.8 Å². The maximum atomic E-state index is 12.8. The number of benzene rings is 1. The van der Waals surface area contributed by atoms with Crippen LogP contribution in [0.15, 0.2) is 48.2 Å². The van der Waals surface area contributed by atoms with Gasteiger partial charge in [-0.2, -0.15) is 0 Å². The summed E-state index contributed by atoms with van der Waals surface area (Å²) in [7, 11) is 1.62. The van der Waals surface area contributed by atoms with Crippen molar-refractivity contribution in [1.82, 2.24) is 14.4 Å². The predicted molar refractivity (Wildman–Crippen MR) is 108 cm³/mol. The standard InChI is InChI=1S/C20H21N3O3S/c1-4-21-18(24)17(19(25)22(5-2)20(21)27)13-15-7-6-12-23(15)14-8-10-16(26-3)11-9-14/h6-13H,4-5H2,1-3H3. The lowest BCUT2D eigenvalue weighted by molar-refractivity contribution is -0.133. The minimum absolute atomic E-state index is 0.112. The van der Waals surface area contributed by atoms with Gasteiger partial charge in [-0.1, -0.05) is 0 Å². The minimum atomic E-state index is -0.361. The molecule has 0 spiro atoms. The average Bonchev–Trinajstić information content (AvgIpc) is 3.14. The second kappa shape index (κ2) is 7.75. The second-order valence-corrected chi connectivity index (χ2v) is 6.31. The number of thiocarbonyl (C=S) groups is 1. The molecule has 27 heavy (non-hydrogen) atoms. The number of carbonyl (C=O) groups is 2. The van der Waals surface area contributed by atoms with E-state index in [2.05, 4.69) is 0 Å². The first-order valence-electron chi connectivity index (χ1n) is 8.73. The highest BCUT2D eigenvalue weighted by atomic mass is 32.1. The molecule has 7 heteroatoms. The molecule has 1 saturated heterocycles. The number of carbonyl (C=O) groups excluding carboxylic acids is 2. The summed E-state index contributed by atoms with van der Waals surface area (Å²) in [5, 5.41) is 0.262. The SMILES string of the molecule is CCN1C(=O)C(=Cc2cccn2-c2ccc(OC)cc2)C(=O)N(CC)C1=S. The van der Waals surface area contributed by atoms with E-state index >= 15 is 0 Å². The summed E-state index contributed by atoms with van der Waals surface area (Å²) in [5.41, 5.74) is 1.75. The molecule has 0 saturated carbocycles. The van der Waals surface area contributed by atoms with Gasteiger partial charge >= 0.3 is 0 Å². The third kappa shape index (κ3) is 3.38. The molecule has 2 heterocycles. The molecule has 0 bridgehead atoms. The van der Waals surface area contributed by atoms with Crippen molar-refractivity contribution >= 4 is 35.2 Å². The Kier molecular flexibility index (Phi) is 5.41. The summed E-state index contributed by atoms with van der Waals surface area (Å²) in [5.74, 6) is 0.0356. The van der Waals surface area contributed by atoms with Gasteiger partial charge in [-0.15, -0.1) is 0 Å². The number of rotatable bonds is 5. The summed E-state index contributed by atoms with van der Waals surface area (Å²) in [6.45, 7) is 4.51. The number of hydrogen-bond donors (Lipinski definition) is 0. The second-order valence-electron chi connectivity index (χ2n) is 5.94. The van der Waals surface area contributed by atoms with Crippen LogP contribution in [0.1, 0.15) is 19.5 Å². The van der Waals surface area contributed by atoms with Crippen LogP contribution in [-0.2, 0) is 9.59 Å². The van der Waals surface area contributed by atoms with Gasteiger partial charge < -0.3 is 9.30 Å². The predicted octanol–water partition coefficient (Wildman–Crippen LogP) is 2.86. The zero-order valence-electron chi connectivity index (χ0n) is 15.5. The number of amides is 2. The highest BCUT2D eigenvalue weighted by molar-refractivity contribution is 7.80. The number of likely N-dealkylation sites (N-methyl/N-ethyl adjacent to an activating group) is 2. The van der Waals surface area contributed by atoms with Gasteiger partial charge in [-0.25, -0.2) is 0 Å². The van der Waals surface area contributed by atoms with Gasteiger partial charge in [0.2, 0.25) is 0 Å². The van der Waals surface area contributed by atoms with E-state index < -0.39 is 0 Å². The Morgan fingerprint density at radius 3 is 2.11 bits per heavy atom. The molecule has 0 atom stereocenters. The first kappa shape index (κ1) is 18.8. The molecule has 1 aromatic carbocycles. The van der Waals surface area contributed by atoms with Gasteiger partial charge in [-0.3, -0.25) is 19.4 Å². The lowest BCUT2D eigenvalue weighted by Gasteiger charge is -2.35. The van der Waals surface area contributed by atoms with Crippen molar-refractivity contribution in [2.45, 2.75) is 13.8 Å². The van der Waals surface area contributed by atoms with Crippen LogP contribution in [0.4, 0.5) is 0 Å². The van der Waals surface area contributed by atoms with Gasteiger partial charge in [0.15, 0.2) is 5.11 Å². The molecule has 0 N–H and O–H groups in total. The third-order valence-electron chi connectivity index (χ3n) is 4.47. The molecule has 0 radical (unpaired) electrons. The first-order chi connectivity index (χ1) is 13.0. The molecule has 0 unspecified atom stereocenters. The Balaban J connectivity index is 2.03. The Bertz CT molecular complexity index is 887. The van der Waals surface area contributed by atoms with E-state index in [9.17, 15) is 9.59 Å². The topological polar surface area (TPSA) is 54.8 Å². The highest BCUT2D eigenvalue weighted by Gasteiger charge is 2.37.